The largest absolute Gasteiger partial charge is 0.379 e. The predicted molar refractivity (Wildman–Crippen MR) is 147 cm³/mol. The summed E-state index contributed by atoms with van der Waals surface area (Å²) >= 11 is 0. The van der Waals surface area contributed by atoms with Crippen LogP contribution in [0.1, 0.15) is 71.8 Å². The highest BCUT2D eigenvalue weighted by Crippen LogP contribution is 2.51. The summed E-state index contributed by atoms with van der Waals surface area (Å²) in [5.74, 6) is 0.105. The highest BCUT2D eigenvalue weighted by atomic mass is 16.5. The van der Waals surface area contributed by atoms with Gasteiger partial charge in [0.25, 0.3) is 0 Å². The third-order valence-electron chi connectivity index (χ3n) is 9.43. The predicted octanol–water partition coefficient (Wildman–Crippen LogP) is 4.80. The quantitative estimate of drug-likeness (QED) is 0.595. The lowest BCUT2D eigenvalue weighted by atomic mass is 9.68. The number of nitrogens with zero attached hydrogens (tertiary/aromatic N) is 4. The van der Waals surface area contributed by atoms with Crippen LogP contribution in [0.25, 0.3) is 5.57 Å². The number of carbonyl (C=O) groups excluding carboxylic acids is 1. The molecule has 0 amide bonds. The van der Waals surface area contributed by atoms with E-state index in [4.69, 9.17) is 4.74 Å². The van der Waals surface area contributed by atoms with Crippen LogP contribution >= 0.6 is 0 Å². The number of rotatable bonds is 3. The molecular weight excluding hydrogens is 472 g/mol. The van der Waals surface area contributed by atoms with Gasteiger partial charge in [-0.3, -0.25) is 9.69 Å². The van der Waals surface area contributed by atoms with Crippen molar-refractivity contribution in [2.24, 2.45) is 0 Å². The highest BCUT2D eigenvalue weighted by Gasteiger charge is 2.45. The van der Waals surface area contributed by atoms with Gasteiger partial charge in [-0.05, 0) is 77.8 Å². The number of carbonyl (C=O) groups is 1. The van der Waals surface area contributed by atoms with Gasteiger partial charge in [-0.15, -0.1) is 0 Å². The topological polar surface area (TPSA) is 80.4 Å². The number of allylic oxidation sites excluding steroid dienone is 2. The van der Waals surface area contributed by atoms with E-state index in [0.29, 0.717) is 25.2 Å². The molecular formula is C32H34N4O2. The van der Waals surface area contributed by atoms with E-state index in [1.807, 2.05) is 18.2 Å². The number of anilines is 1. The van der Waals surface area contributed by atoms with E-state index in [2.05, 4.69) is 54.8 Å². The summed E-state index contributed by atoms with van der Waals surface area (Å²) in [6.07, 6.45) is 3.15. The Kier molecular flexibility index (Phi) is 5.94. The smallest absolute Gasteiger partial charge is 0.193 e. The van der Waals surface area contributed by atoms with Crippen molar-refractivity contribution >= 4 is 17.0 Å². The van der Waals surface area contributed by atoms with Crippen LogP contribution in [-0.2, 0) is 23.0 Å². The molecule has 2 saturated heterocycles. The molecule has 0 saturated carbocycles. The number of nitriles is 2. The third-order valence-corrected chi connectivity index (χ3v) is 9.43. The monoisotopic (exact) mass is 506 g/mol. The number of Topliss-reactive ketones (excluding diaryl/α,β-unsaturated/α-hetero) is 1. The Balaban J connectivity index is 1.35. The molecule has 6 heteroatoms. The van der Waals surface area contributed by atoms with Gasteiger partial charge in [-0.25, -0.2) is 0 Å². The fourth-order valence-electron chi connectivity index (χ4n) is 7.11. The van der Waals surface area contributed by atoms with E-state index < -0.39 is 5.54 Å². The van der Waals surface area contributed by atoms with Crippen molar-refractivity contribution in [1.82, 2.24) is 4.90 Å². The van der Waals surface area contributed by atoms with Gasteiger partial charge in [0.2, 0.25) is 0 Å². The zero-order chi connectivity index (χ0) is 26.7. The maximum Gasteiger partial charge on any atom is 0.193 e. The normalized spacial score (nSPS) is 21.8. The first-order chi connectivity index (χ1) is 18.3. The number of morpholine rings is 1. The first-order valence-electron chi connectivity index (χ1n) is 13.8. The molecule has 194 valence electrons. The van der Waals surface area contributed by atoms with Crippen LogP contribution in [0.15, 0.2) is 35.9 Å². The van der Waals surface area contributed by atoms with Crippen molar-refractivity contribution in [3.05, 3.63) is 69.3 Å². The standard InChI is InChI=1S/C32H34N4O2/c1-4-22-16-25-26(18-28(22)35-9-7-32(20-34,8-10-35)36-11-13-38-14-12-36)31(2,3)27-17-23-15-21(19-33)5-6-24(23)29(27)30(25)37/h5-6,15-16,18H,4,7-14,17H2,1-3H3. The number of piperidine rings is 1. The molecule has 0 atom stereocenters. The molecule has 2 heterocycles. The van der Waals surface area contributed by atoms with Crippen molar-refractivity contribution in [2.75, 3.05) is 44.3 Å². The van der Waals surface area contributed by atoms with Crippen molar-refractivity contribution < 1.29 is 9.53 Å². The summed E-state index contributed by atoms with van der Waals surface area (Å²) < 4.78 is 5.54. The van der Waals surface area contributed by atoms with Crippen LogP contribution in [0.4, 0.5) is 5.69 Å². The molecule has 4 aliphatic rings. The van der Waals surface area contributed by atoms with Crippen molar-refractivity contribution in [3.8, 4) is 12.1 Å². The Hall–Kier alpha value is -3.45. The molecule has 0 unspecified atom stereocenters. The zero-order valence-corrected chi connectivity index (χ0v) is 22.6. The van der Waals surface area contributed by atoms with Crippen LogP contribution in [-0.4, -0.2) is 55.6 Å². The molecule has 38 heavy (non-hydrogen) atoms. The second-order valence-electron chi connectivity index (χ2n) is 11.6. The van der Waals surface area contributed by atoms with E-state index in [1.54, 1.807) is 0 Å². The molecule has 0 radical (unpaired) electrons. The number of hydrogen-bond acceptors (Lipinski definition) is 6. The van der Waals surface area contributed by atoms with E-state index in [1.165, 1.54) is 11.3 Å². The van der Waals surface area contributed by atoms with E-state index in [9.17, 15) is 15.3 Å². The average Bonchev–Trinajstić information content (AvgIpc) is 3.36. The lowest BCUT2D eigenvalue weighted by Crippen LogP contribution is -2.57. The van der Waals surface area contributed by atoms with Gasteiger partial charge in [0.15, 0.2) is 5.78 Å². The second-order valence-corrected chi connectivity index (χ2v) is 11.6. The summed E-state index contributed by atoms with van der Waals surface area (Å²) in [6.45, 7) is 11.3. The number of aryl methyl sites for hydroxylation is 1. The Morgan fingerprint density at radius 1 is 1.00 bits per heavy atom. The molecule has 0 bridgehead atoms. The Morgan fingerprint density at radius 2 is 1.74 bits per heavy atom. The van der Waals surface area contributed by atoms with Gasteiger partial charge in [0.05, 0.1) is 30.9 Å². The molecule has 2 aliphatic carbocycles. The van der Waals surface area contributed by atoms with E-state index in [0.717, 1.165) is 78.8 Å². The zero-order valence-electron chi connectivity index (χ0n) is 22.6. The first kappa shape index (κ1) is 24.9. The molecule has 0 aromatic heterocycles. The summed E-state index contributed by atoms with van der Waals surface area (Å²) in [5.41, 5.74) is 8.25. The Labute approximate surface area is 225 Å². The number of benzene rings is 2. The molecule has 2 aromatic rings. The minimum atomic E-state index is -0.423. The van der Waals surface area contributed by atoms with E-state index >= 15 is 0 Å². The number of fused-ring (bicyclic) bond motifs is 3. The average molecular weight is 507 g/mol. The van der Waals surface area contributed by atoms with Crippen molar-refractivity contribution in [3.63, 3.8) is 0 Å². The van der Waals surface area contributed by atoms with Gasteiger partial charge < -0.3 is 9.64 Å². The van der Waals surface area contributed by atoms with Crippen molar-refractivity contribution in [2.45, 2.75) is 57.4 Å². The summed E-state index contributed by atoms with van der Waals surface area (Å²) in [5, 5.41) is 19.6. The minimum absolute atomic E-state index is 0.105. The molecule has 6 nitrogen and oxygen atoms in total. The van der Waals surface area contributed by atoms with Gasteiger partial charge in [0.1, 0.15) is 5.54 Å². The fraction of sp³-hybridized carbons (Fsp3) is 0.469. The van der Waals surface area contributed by atoms with Gasteiger partial charge in [0, 0.05) is 48.4 Å². The molecule has 2 aromatic carbocycles. The van der Waals surface area contributed by atoms with Gasteiger partial charge in [-0.1, -0.05) is 26.8 Å². The molecule has 0 N–H and O–H groups in total. The summed E-state index contributed by atoms with van der Waals surface area (Å²) in [6, 6.07) is 15.0. The van der Waals surface area contributed by atoms with Gasteiger partial charge in [-0.2, -0.15) is 10.5 Å². The second kappa shape index (κ2) is 9.09. The van der Waals surface area contributed by atoms with Crippen LogP contribution in [0.5, 0.6) is 0 Å². The molecule has 6 rings (SSSR count). The first-order valence-corrected chi connectivity index (χ1v) is 13.8. The minimum Gasteiger partial charge on any atom is -0.379 e. The Bertz CT molecular complexity index is 1440. The lowest BCUT2D eigenvalue weighted by molar-refractivity contribution is -0.0108. The van der Waals surface area contributed by atoms with Gasteiger partial charge >= 0.3 is 0 Å². The highest BCUT2D eigenvalue weighted by molar-refractivity contribution is 6.33. The van der Waals surface area contributed by atoms with Crippen LogP contribution < -0.4 is 4.90 Å². The number of ketones is 1. The third kappa shape index (κ3) is 3.62. The lowest BCUT2D eigenvalue weighted by Gasteiger charge is -2.47. The van der Waals surface area contributed by atoms with Crippen molar-refractivity contribution in [1.29, 1.82) is 10.5 Å². The number of hydrogen-bond donors (Lipinski definition) is 0. The molecule has 2 fully saturated rings. The number of ether oxygens (including phenoxy) is 1. The van der Waals surface area contributed by atoms with Crippen LogP contribution in [0.2, 0.25) is 0 Å². The maximum atomic E-state index is 14.0. The Morgan fingerprint density at radius 3 is 2.39 bits per heavy atom. The SMILES string of the molecule is CCc1cc2c(cc1N1CCC(C#N)(N3CCOCC3)CC1)C(C)(C)C1=C(C2=O)c2ccc(C#N)cc2C1. The summed E-state index contributed by atoms with van der Waals surface area (Å²) in [4.78, 5) is 18.7. The maximum absolute atomic E-state index is 14.0. The van der Waals surface area contributed by atoms with Crippen LogP contribution in [0, 0.1) is 22.7 Å². The molecule has 2 aliphatic heterocycles. The summed E-state index contributed by atoms with van der Waals surface area (Å²) in [7, 11) is 0. The fourth-order valence-corrected chi connectivity index (χ4v) is 7.11. The van der Waals surface area contributed by atoms with Crippen LogP contribution in [0.3, 0.4) is 0 Å². The molecule has 0 spiro atoms. The van der Waals surface area contributed by atoms with E-state index in [-0.39, 0.29) is 11.2 Å².